The van der Waals surface area contributed by atoms with E-state index in [0.29, 0.717) is 0 Å². The SMILES string of the molecule is CC1(C)c2ccccc2-c2c(N(c3ccc(-c4ccc5c(c4)c4ccccc4n5-c4ccccc4)cc3)c3cccc(-c4cccc5c4C(C)(C)c4ccccc4-5)c3)cccc21. The van der Waals surface area contributed by atoms with Crippen molar-refractivity contribution >= 4 is 38.9 Å². The predicted molar refractivity (Wildman–Crippen MR) is 261 cm³/mol. The quantitative estimate of drug-likeness (QED) is 0.163. The highest BCUT2D eigenvalue weighted by atomic mass is 15.1. The summed E-state index contributed by atoms with van der Waals surface area (Å²) in [6.45, 7) is 9.49. The van der Waals surface area contributed by atoms with Crippen molar-refractivity contribution in [3.05, 3.63) is 229 Å². The highest BCUT2D eigenvalue weighted by Gasteiger charge is 2.39. The van der Waals surface area contributed by atoms with Gasteiger partial charge in [0.1, 0.15) is 0 Å². The summed E-state index contributed by atoms with van der Waals surface area (Å²) < 4.78 is 2.38. The maximum absolute atomic E-state index is 2.49. The third-order valence-electron chi connectivity index (χ3n) is 14.0. The molecular weight excluding hydrogens is 749 g/mol. The van der Waals surface area contributed by atoms with E-state index >= 15 is 0 Å². The lowest BCUT2D eigenvalue weighted by atomic mass is 9.79. The first-order valence-corrected chi connectivity index (χ1v) is 21.9. The molecule has 12 rings (SSSR count). The maximum Gasteiger partial charge on any atom is 0.0543 e. The summed E-state index contributed by atoms with van der Waals surface area (Å²) in [7, 11) is 0. The Kier molecular flexibility index (Phi) is 7.96. The third kappa shape index (κ3) is 5.29. The summed E-state index contributed by atoms with van der Waals surface area (Å²) in [5, 5.41) is 2.51. The van der Waals surface area contributed by atoms with Gasteiger partial charge in [0, 0.05) is 44.2 Å². The number of rotatable bonds is 6. The number of hydrogen-bond acceptors (Lipinski definition) is 1. The molecule has 0 aliphatic heterocycles. The standard InChI is InChI=1S/C60H46N2/c1-59(2)52-27-12-9-23-49(52)57-53(59)28-16-30-56(57)61(44-20-14-17-41(37-44)45-24-15-25-48-46-21-8-11-26-51(46)60(3,4)58(45)48)43-34-31-39(32-35-43)40-33-36-55-50(38-40)47-22-10-13-29-54(47)62(55)42-18-6-5-7-19-42/h5-38H,1-4H3. The molecule has 62 heavy (non-hydrogen) atoms. The van der Waals surface area contributed by atoms with Gasteiger partial charge < -0.3 is 9.47 Å². The van der Waals surface area contributed by atoms with Crippen molar-refractivity contribution in [2.45, 2.75) is 38.5 Å². The van der Waals surface area contributed by atoms with E-state index in [0.717, 1.165) is 11.4 Å². The molecule has 0 atom stereocenters. The fourth-order valence-corrected chi connectivity index (χ4v) is 11.1. The Hall–Kier alpha value is -7.42. The smallest absolute Gasteiger partial charge is 0.0543 e. The summed E-state index contributed by atoms with van der Waals surface area (Å²) in [5.74, 6) is 0. The van der Waals surface area contributed by atoms with Crippen molar-refractivity contribution < 1.29 is 0 Å². The van der Waals surface area contributed by atoms with E-state index in [2.05, 4.69) is 243 Å². The molecule has 0 N–H and O–H groups in total. The van der Waals surface area contributed by atoms with Crippen LogP contribution in [0.5, 0.6) is 0 Å². The van der Waals surface area contributed by atoms with E-state index in [9.17, 15) is 0 Å². The minimum atomic E-state index is -0.122. The number of para-hydroxylation sites is 2. The van der Waals surface area contributed by atoms with Crippen LogP contribution in [0.25, 0.3) is 72.0 Å². The van der Waals surface area contributed by atoms with Crippen LogP contribution in [-0.4, -0.2) is 4.57 Å². The average Bonchev–Trinajstić information content (AvgIpc) is 3.87. The highest BCUT2D eigenvalue weighted by Crippen LogP contribution is 2.55. The third-order valence-corrected chi connectivity index (χ3v) is 14.0. The number of fused-ring (bicyclic) bond motifs is 9. The molecule has 296 valence electrons. The summed E-state index contributed by atoms with van der Waals surface area (Å²) in [6.07, 6.45) is 0. The average molecular weight is 795 g/mol. The zero-order chi connectivity index (χ0) is 41.7. The molecule has 0 unspecified atom stereocenters. The first-order valence-electron chi connectivity index (χ1n) is 21.9. The van der Waals surface area contributed by atoms with Crippen LogP contribution in [0.1, 0.15) is 49.9 Å². The topological polar surface area (TPSA) is 8.17 Å². The molecule has 9 aromatic carbocycles. The number of aromatic nitrogens is 1. The van der Waals surface area contributed by atoms with Gasteiger partial charge in [0.05, 0.1) is 16.7 Å². The monoisotopic (exact) mass is 794 g/mol. The Morgan fingerprint density at radius 2 is 0.984 bits per heavy atom. The molecule has 0 fully saturated rings. The molecule has 0 saturated carbocycles. The van der Waals surface area contributed by atoms with Gasteiger partial charge in [-0.3, -0.25) is 0 Å². The van der Waals surface area contributed by atoms with Crippen LogP contribution in [0.3, 0.4) is 0 Å². The van der Waals surface area contributed by atoms with E-state index in [1.165, 1.54) is 99.9 Å². The predicted octanol–water partition coefficient (Wildman–Crippen LogP) is 16.2. The Morgan fingerprint density at radius 3 is 1.81 bits per heavy atom. The molecule has 2 aliphatic carbocycles. The molecule has 1 aromatic heterocycles. The van der Waals surface area contributed by atoms with E-state index in [1.54, 1.807) is 0 Å². The second-order valence-corrected chi connectivity index (χ2v) is 18.1. The van der Waals surface area contributed by atoms with Gasteiger partial charge in [-0.15, -0.1) is 0 Å². The summed E-state index contributed by atoms with van der Waals surface area (Å²) in [5.41, 5.74) is 22.5. The Balaban J connectivity index is 1.02. The van der Waals surface area contributed by atoms with Crippen molar-refractivity contribution in [2.24, 2.45) is 0 Å². The van der Waals surface area contributed by atoms with Gasteiger partial charge in [-0.1, -0.05) is 173 Å². The fraction of sp³-hybridized carbons (Fsp3) is 0.100. The van der Waals surface area contributed by atoms with Gasteiger partial charge in [-0.25, -0.2) is 0 Å². The van der Waals surface area contributed by atoms with Gasteiger partial charge in [0.25, 0.3) is 0 Å². The first kappa shape index (κ1) is 36.4. The number of benzene rings is 9. The summed E-state index contributed by atoms with van der Waals surface area (Å²) in [6, 6.07) is 76.5. The minimum Gasteiger partial charge on any atom is -0.310 e. The van der Waals surface area contributed by atoms with Gasteiger partial charge >= 0.3 is 0 Å². The molecule has 2 aliphatic rings. The van der Waals surface area contributed by atoms with Crippen LogP contribution >= 0.6 is 0 Å². The van der Waals surface area contributed by atoms with Gasteiger partial charge in [-0.2, -0.15) is 0 Å². The van der Waals surface area contributed by atoms with Crippen molar-refractivity contribution in [3.8, 4) is 50.2 Å². The lowest BCUT2D eigenvalue weighted by molar-refractivity contribution is 0.660. The van der Waals surface area contributed by atoms with Crippen LogP contribution < -0.4 is 4.90 Å². The Bertz CT molecular complexity index is 3400. The minimum absolute atomic E-state index is 0.118. The van der Waals surface area contributed by atoms with Crippen molar-refractivity contribution in [1.82, 2.24) is 4.57 Å². The largest absolute Gasteiger partial charge is 0.310 e. The van der Waals surface area contributed by atoms with Crippen LogP contribution in [0.2, 0.25) is 0 Å². The van der Waals surface area contributed by atoms with Crippen LogP contribution in [0, 0.1) is 0 Å². The van der Waals surface area contributed by atoms with Crippen LogP contribution in [-0.2, 0) is 10.8 Å². The van der Waals surface area contributed by atoms with Crippen LogP contribution in [0.15, 0.2) is 206 Å². The fourth-order valence-electron chi connectivity index (χ4n) is 11.1. The lowest BCUT2D eigenvalue weighted by Gasteiger charge is -2.30. The molecule has 0 saturated heterocycles. The van der Waals surface area contributed by atoms with Crippen molar-refractivity contribution in [3.63, 3.8) is 0 Å². The van der Waals surface area contributed by atoms with E-state index < -0.39 is 0 Å². The second kappa shape index (κ2) is 13.5. The molecule has 2 nitrogen and oxygen atoms in total. The normalized spacial score (nSPS) is 14.1. The molecule has 10 aromatic rings. The Morgan fingerprint density at radius 1 is 0.371 bits per heavy atom. The van der Waals surface area contributed by atoms with E-state index in [1.807, 2.05) is 0 Å². The maximum atomic E-state index is 2.49. The zero-order valence-corrected chi connectivity index (χ0v) is 35.5. The molecule has 0 bridgehead atoms. The number of anilines is 3. The van der Waals surface area contributed by atoms with Crippen molar-refractivity contribution in [2.75, 3.05) is 4.90 Å². The van der Waals surface area contributed by atoms with Crippen LogP contribution in [0.4, 0.5) is 17.1 Å². The molecule has 0 spiro atoms. The number of hydrogen-bond donors (Lipinski definition) is 0. The van der Waals surface area contributed by atoms with E-state index in [4.69, 9.17) is 0 Å². The second-order valence-electron chi connectivity index (χ2n) is 18.1. The van der Waals surface area contributed by atoms with E-state index in [-0.39, 0.29) is 10.8 Å². The Labute approximate surface area is 364 Å². The molecule has 2 heteroatoms. The van der Waals surface area contributed by atoms with Gasteiger partial charge in [0.2, 0.25) is 0 Å². The highest BCUT2D eigenvalue weighted by molar-refractivity contribution is 6.10. The number of nitrogens with zero attached hydrogens (tertiary/aromatic N) is 2. The molecule has 0 radical (unpaired) electrons. The molecule has 1 heterocycles. The van der Waals surface area contributed by atoms with Gasteiger partial charge in [-0.05, 0) is 122 Å². The lowest BCUT2D eigenvalue weighted by Crippen LogP contribution is -2.16. The first-order chi connectivity index (χ1) is 30.3. The molecular formula is C60H46N2. The summed E-state index contributed by atoms with van der Waals surface area (Å²) in [4.78, 5) is 2.49. The molecule has 0 amide bonds. The zero-order valence-electron chi connectivity index (χ0n) is 35.5. The van der Waals surface area contributed by atoms with Gasteiger partial charge in [0.15, 0.2) is 0 Å². The summed E-state index contributed by atoms with van der Waals surface area (Å²) >= 11 is 0. The van der Waals surface area contributed by atoms with Crippen molar-refractivity contribution in [1.29, 1.82) is 0 Å².